The maximum atomic E-state index is 11.4. The van der Waals surface area contributed by atoms with Gasteiger partial charge < -0.3 is 0 Å². The third-order valence-electron chi connectivity index (χ3n) is 4.11. The molecule has 0 spiro atoms. The molecule has 1 aliphatic carbocycles. The molecule has 0 amide bonds. The first-order valence-electron chi connectivity index (χ1n) is 6.55. The molecule has 0 aromatic carbocycles. The van der Waals surface area contributed by atoms with Gasteiger partial charge >= 0.3 is 0 Å². The first kappa shape index (κ1) is 12.4. The average molecular weight is 245 g/mol. The van der Waals surface area contributed by atoms with Crippen LogP contribution in [0.3, 0.4) is 0 Å². The summed E-state index contributed by atoms with van der Waals surface area (Å²) < 4.78 is 22.7. The summed E-state index contributed by atoms with van der Waals surface area (Å²) in [5.41, 5.74) is 0. The van der Waals surface area contributed by atoms with Gasteiger partial charge in [-0.3, -0.25) is 4.90 Å². The SMILES string of the molecule is CCCC1CCC(N2CCS(=O)(=O)CC2)C1. The molecule has 0 aromatic heterocycles. The molecule has 0 N–H and O–H groups in total. The minimum absolute atomic E-state index is 0.377. The lowest BCUT2D eigenvalue weighted by Crippen LogP contribution is -2.45. The van der Waals surface area contributed by atoms with Crippen molar-refractivity contribution in [2.45, 2.75) is 45.1 Å². The Morgan fingerprint density at radius 3 is 2.50 bits per heavy atom. The van der Waals surface area contributed by atoms with E-state index in [1.54, 1.807) is 0 Å². The van der Waals surface area contributed by atoms with Crippen LogP contribution in [0, 0.1) is 5.92 Å². The van der Waals surface area contributed by atoms with Crippen LogP contribution in [0.15, 0.2) is 0 Å². The Bertz CT molecular complexity index is 312. The Hall–Kier alpha value is -0.0900. The Kier molecular flexibility index (Phi) is 3.90. The van der Waals surface area contributed by atoms with Crippen molar-refractivity contribution < 1.29 is 8.42 Å². The van der Waals surface area contributed by atoms with Crippen molar-refractivity contribution in [3.63, 3.8) is 0 Å². The standard InChI is InChI=1S/C12H23NO2S/c1-2-3-11-4-5-12(10-11)13-6-8-16(14,15)9-7-13/h11-12H,2-10H2,1H3. The second-order valence-electron chi connectivity index (χ2n) is 5.31. The van der Waals surface area contributed by atoms with Gasteiger partial charge in [-0.1, -0.05) is 19.8 Å². The first-order chi connectivity index (χ1) is 7.61. The Balaban J connectivity index is 1.82. The first-order valence-corrected chi connectivity index (χ1v) is 8.37. The highest BCUT2D eigenvalue weighted by molar-refractivity contribution is 7.91. The number of rotatable bonds is 3. The summed E-state index contributed by atoms with van der Waals surface area (Å²) in [6.07, 6.45) is 6.56. The average Bonchev–Trinajstić information content (AvgIpc) is 2.67. The van der Waals surface area contributed by atoms with E-state index in [9.17, 15) is 8.42 Å². The van der Waals surface area contributed by atoms with E-state index in [1.165, 1.54) is 32.1 Å². The van der Waals surface area contributed by atoms with E-state index >= 15 is 0 Å². The summed E-state index contributed by atoms with van der Waals surface area (Å²) in [7, 11) is -2.71. The van der Waals surface area contributed by atoms with Crippen molar-refractivity contribution in [2.75, 3.05) is 24.6 Å². The van der Waals surface area contributed by atoms with E-state index in [1.807, 2.05) is 0 Å². The van der Waals surface area contributed by atoms with E-state index in [0.29, 0.717) is 17.5 Å². The zero-order valence-corrected chi connectivity index (χ0v) is 11.0. The van der Waals surface area contributed by atoms with E-state index < -0.39 is 9.84 Å². The van der Waals surface area contributed by atoms with Gasteiger partial charge in [-0.05, 0) is 25.2 Å². The molecule has 2 aliphatic rings. The molecule has 2 unspecified atom stereocenters. The van der Waals surface area contributed by atoms with Crippen molar-refractivity contribution in [2.24, 2.45) is 5.92 Å². The fraction of sp³-hybridized carbons (Fsp3) is 1.00. The molecule has 2 atom stereocenters. The summed E-state index contributed by atoms with van der Waals surface area (Å²) in [4.78, 5) is 2.41. The van der Waals surface area contributed by atoms with E-state index in [4.69, 9.17) is 0 Å². The molecule has 2 rings (SSSR count). The quantitative estimate of drug-likeness (QED) is 0.759. The zero-order valence-electron chi connectivity index (χ0n) is 10.2. The molecule has 1 aliphatic heterocycles. The highest BCUT2D eigenvalue weighted by atomic mass is 32.2. The maximum absolute atomic E-state index is 11.4. The molecule has 1 heterocycles. The predicted octanol–water partition coefficient (Wildman–Crippen LogP) is 1.69. The van der Waals surface area contributed by atoms with E-state index in [0.717, 1.165) is 19.0 Å². The van der Waals surface area contributed by atoms with E-state index in [2.05, 4.69) is 11.8 Å². The molecule has 0 aromatic rings. The number of sulfone groups is 1. The minimum atomic E-state index is -2.71. The summed E-state index contributed by atoms with van der Waals surface area (Å²) in [6, 6.07) is 0.673. The fourth-order valence-electron chi connectivity index (χ4n) is 3.14. The van der Waals surface area contributed by atoms with Crippen molar-refractivity contribution in [1.82, 2.24) is 4.90 Å². The Labute approximate surface area is 99.1 Å². The van der Waals surface area contributed by atoms with Gasteiger partial charge in [-0.15, -0.1) is 0 Å². The smallest absolute Gasteiger partial charge is 0.152 e. The van der Waals surface area contributed by atoms with Crippen molar-refractivity contribution >= 4 is 9.84 Å². The van der Waals surface area contributed by atoms with Crippen LogP contribution in [0.5, 0.6) is 0 Å². The normalized spacial score (nSPS) is 35.3. The largest absolute Gasteiger partial charge is 0.298 e. The molecule has 94 valence electrons. The molecular formula is C12H23NO2S. The summed E-state index contributed by atoms with van der Waals surface area (Å²) >= 11 is 0. The predicted molar refractivity (Wildman–Crippen MR) is 66.3 cm³/mol. The van der Waals surface area contributed by atoms with Gasteiger partial charge in [0.05, 0.1) is 11.5 Å². The van der Waals surface area contributed by atoms with Gasteiger partial charge in [0.15, 0.2) is 9.84 Å². The van der Waals surface area contributed by atoms with Crippen LogP contribution in [0.4, 0.5) is 0 Å². The summed E-state index contributed by atoms with van der Waals surface area (Å²) in [6.45, 7) is 3.79. The Morgan fingerprint density at radius 2 is 1.88 bits per heavy atom. The van der Waals surface area contributed by atoms with E-state index in [-0.39, 0.29) is 0 Å². The molecule has 0 radical (unpaired) electrons. The zero-order chi connectivity index (χ0) is 11.6. The van der Waals surface area contributed by atoms with Crippen LogP contribution >= 0.6 is 0 Å². The van der Waals surface area contributed by atoms with Gasteiger partial charge in [0.1, 0.15) is 0 Å². The number of hydrogen-bond donors (Lipinski definition) is 0. The lowest BCUT2D eigenvalue weighted by Gasteiger charge is -2.32. The van der Waals surface area contributed by atoms with Gasteiger partial charge in [0.2, 0.25) is 0 Å². The molecule has 0 bridgehead atoms. The van der Waals surface area contributed by atoms with Crippen molar-refractivity contribution in [3.8, 4) is 0 Å². The van der Waals surface area contributed by atoms with Gasteiger partial charge in [-0.25, -0.2) is 8.42 Å². The molecule has 1 saturated heterocycles. The van der Waals surface area contributed by atoms with Crippen molar-refractivity contribution in [3.05, 3.63) is 0 Å². The Morgan fingerprint density at radius 1 is 1.19 bits per heavy atom. The molecule has 2 fully saturated rings. The highest BCUT2D eigenvalue weighted by Gasteiger charge is 2.32. The summed E-state index contributed by atoms with van der Waals surface area (Å²) in [5.74, 6) is 1.65. The maximum Gasteiger partial charge on any atom is 0.152 e. The third-order valence-corrected chi connectivity index (χ3v) is 5.72. The lowest BCUT2D eigenvalue weighted by atomic mass is 10.0. The third kappa shape index (κ3) is 2.98. The highest BCUT2D eigenvalue weighted by Crippen LogP contribution is 2.32. The second kappa shape index (κ2) is 5.05. The summed E-state index contributed by atoms with van der Waals surface area (Å²) in [5, 5.41) is 0. The molecule has 3 nitrogen and oxygen atoms in total. The van der Waals surface area contributed by atoms with Crippen LogP contribution < -0.4 is 0 Å². The number of nitrogens with zero attached hydrogens (tertiary/aromatic N) is 1. The lowest BCUT2D eigenvalue weighted by molar-refractivity contribution is 0.210. The molecule has 4 heteroatoms. The van der Waals surface area contributed by atoms with Crippen LogP contribution in [-0.4, -0.2) is 44.0 Å². The monoisotopic (exact) mass is 245 g/mol. The minimum Gasteiger partial charge on any atom is -0.298 e. The van der Waals surface area contributed by atoms with Gasteiger partial charge in [0, 0.05) is 19.1 Å². The van der Waals surface area contributed by atoms with Gasteiger partial charge in [-0.2, -0.15) is 0 Å². The van der Waals surface area contributed by atoms with Crippen LogP contribution in [0.25, 0.3) is 0 Å². The molecular weight excluding hydrogens is 222 g/mol. The fourth-order valence-corrected chi connectivity index (χ4v) is 4.37. The number of hydrogen-bond acceptors (Lipinski definition) is 3. The van der Waals surface area contributed by atoms with Crippen LogP contribution in [0.1, 0.15) is 39.0 Å². The van der Waals surface area contributed by atoms with Crippen molar-refractivity contribution in [1.29, 1.82) is 0 Å². The molecule has 16 heavy (non-hydrogen) atoms. The van der Waals surface area contributed by atoms with Crippen LogP contribution in [0.2, 0.25) is 0 Å². The second-order valence-corrected chi connectivity index (χ2v) is 7.61. The van der Waals surface area contributed by atoms with Gasteiger partial charge in [0.25, 0.3) is 0 Å². The topological polar surface area (TPSA) is 37.4 Å². The van der Waals surface area contributed by atoms with Crippen LogP contribution in [-0.2, 0) is 9.84 Å². The molecule has 1 saturated carbocycles.